The zero-order valence-corrected chi connectivity index (χ0v) is 12.4. The average Bonchev–Trinajstić information content (AvgIpc) is 2.77. The normalized spacial score (nSPS) is 18.0. The molecule has 1 fully saturated rings. The number of hydrogen-bond donors (Lipinski definition) is 0. The zero-order chi connectivity index (χ0) is 13.4. The molecule has 1 aliphatic heterocycles. The van der Waals surface area contributed by atoms with Crippen LogP contribution >= 0.6 is 15.9 Å². The number of halogens is 1. The molecule has 0 N–H and O–H groups in total. The van der Waals surface area contributed by atoms with Crippen molar-refractivity contribution in [3.8, 4) is 0 Å². The van der Waals surface area contributed by atoms with Gasteiger partial charge in [0.25, 0.3) is 0 Å². The minimum absolute atomic E-state index is 0.437. The molecule has 0 spiro atoms. The quantitative estimate of drug-likeness (QED) is 0.798. The first-order chi connectivity index (χ1) is 9.19. The summed E-state index contributed by atoms with van der Waals surface area (Å²) in [5, 5.41) is 0. The number of carbonyl (C=O) groups excluding carboxylic acids is 1. The van der Waals surface area contributed by atoms with Gasteiger partial charge in [0.15, 0.2) is 6.29 Å². The van der Waals surface area contributed by atoms with Gasteiger partial charge in [-0.25, -0.2) is 4.98 Å². The Bertz CT molecular complexity index is 614. The van der Waals surface area contributed by atoms with E-state index >= 15 is 0 Å². The number of rotatable bonds is 2. The van der Waals surface area contributed by atoms with Crippen molar-refractivity contribution in [1.82, 2.24) is 14.3 Å². The molecular formula is C14H16BrN3O. The fourth-order valence-corrected chi connectivity index (χ4v) is 3.09. The second-order valence-electron chi connectivity index (χ2n) is 5.15. The van der Waals surface area contributed by atoms with Gasteiger partial charge in [-0.1, -0.05) is 0 Å². The van der Waals surface area contributed by atoms with Crippen LogP contribution in [0.5, 0.6) is 0 Å². The molecule has 0 bridgehead atoms. The van der Waals surface area contributed by atoms with E-state index in [0.717, 1.165) is 48.0 Å². The first-order valence-electron chi connectivity index (χ1n) is 6.50. The van der Waals surface area contributed by atoms with Crippen LogP contribution in [0.25, 0.3) is 5.52 Å². The number of fused-ring (bicyclic) bond motifs is 1. The molecule has 1 saturated heterocycles. The third-order valence-electron chi connectivity index (χ3n) is 3.85. The lowest BCUT2D eigenvalue weighted by Gasteiger charge is -2.28. The number of hydrogen-bond acceptors (Lipinski definition) is 3. The fourth-order valence-electron chi connectivity index (χ4n) is 2.75. The molecule has 3 rings (SSSR count). The van der Waals surface area contributed by atoms with Crippen molar-refractivity contribution in [2.45, 2.75) is 18.8 Å². The van der Waals surface area contributed by atoms with Crippen LogP contribution < -0.4 is 0 Å². The van der Waals surface area contributed by atoms with Crippen LogP contribution in [0.3, 0.4) is 0 Å². The summed E-state index contributed by atoms with van der Waals surface area (Å²) in [6.07, 6.45) is 5.05. The Morgan fingerprint density at radius 3 is 2.79 bits per heavy atom. The number of aromatic nitrogens is 2. The Labute approximate surface area is 120 Å². The van der Waals surface area contributed by atoms with Crippen LogP contribution in [0.15, 0.2) is 22.8 Å². The molecule has 3 heterocycles. The molecule has 2 aromatic heterocycles. The van der Waals surface area contributed by atoms with E-state index < -0.39 is 0 Å². The molecule has 0 aliphatic carbocycles. The molecule has 0 amide bonds. The van der Waals surface area contributed by atoms with Gasteiger partial charge in [0.1, 0.15) is 11.5 Å². The second kappa shape index (κ2) is 5.06. The van der Waals surface area contributed by atoms with Crippen molar-refractivity contribution in [1.29, 1.82) is 0 Å². The van der Waals surface area contributed by atoms with Crippen molar-refractivity contribution in [3.63, 3.8) is 0 Å². The van der Waals surface area contributed by atoms with E-state index in [1.165, 1.54) is 0 Å². The van der Waals surface area contributed by atoms with Gasteiger partial charge >= 0.3 is 0 Å². The van der Waals surface area contributed by atoms with Gasteiger partial charge in [-0.3, -0.25) is 4.79 Å². The summed E-state index contributed by atoms with van der Waals surface area (Å²) in [5.74, 6) is 1.46. The van der Waals surface area contributed by atoms with Crippen LogP contribution in [0, 0.1) is 0 Å². The molecule has 100 valence electrons. The highest BCUT2D eigenvalue weighted by Crippen LogP contribution is 2.29. The van der Waals surface area contributed by atoms with Crippen LogP contribution in [0.2, 0.25) is 0 Å². The lowest BCUT2D eigenvalue weighted by molar-refractivity contribution is 0.112. The number of imidazole rings is 1. The minimum atomic E-state index is 0.437. The van der Waals surface area contributed by atoms with Gasteiger partial charge in [-0.15, -0.1) is 0 Å². The first kappa shape index (κ1) is 12.8. The third kappa shape index (κ3) is 2.32. The lowest BCUT2D eigenvalue weighted by atomic mass is 9.96. The molecule has 0 radical (unpaired) electrons. The number of pyridine rings is 1. The van der Waals surface area contributed by atoms with Crippen LogP contribution in [-0.2, 0) is 0 Å². The molecule has 2 aromatic rings. The minimum Gasteiger partial charge on any atom is -0.306 e. The van der Waals surface area contributed by atoms with Gasteiger partial charge < -0.3 is 9.30 Å². The smallest absolute Gasteiger partial charge is 0.170 e. The molecule has 1 aliphatic rings. The van der Waals surface area contributed by atoms with Crippen molar-refractivity contribution in [2.75, 3.05) is 20.1 Å². The summed E-state index contributed by atoms with van der Waals surface area (Å²) >= 11 is 3.49. The van der Waals surface area contributed by atoms with Crippen LogP contribution in [0.4, 0.5) is 0 Å². The molecule has 5 heteroatoms. The lowest BCUT2D eigenvalue weighted by Crippen LogP contribution is -2.29. The van der Waals surface area contributed by atoms with Gasteiger partial charge in [0.2, 0.25) is 0 Å². The molecular weight excluding hydrogens is 306 g/mol. The van der Waals surface area contributed by atoms with Crippen molar-refractivity contribution in [2.24, 2.45) is 0 Å². The molecule has 0 aromatic carbocycles. The molecule has 0 unspecified atom stereocenters. The Morgan fingerprint density at radius 2 is 2.11 bits per heavy atom. The molecule has 0 saturated carbocycles. The monoisotopic (exact) mass is 321 g/mol. The van der Waals surface area contributed by atoms with E-state index in [1.54, 1.807) is 0 Å². The fraction of sp³-hybridized carbons (Fsp3) is 0.429. The van der Waals surface area contributed by atoms with E-state index in [1.807, 2.05) is 18.3 Å². The third-order valence-corrected chi connectivity index (χ3v) is 4.32. The highest BCUT2D eigenvalue weighted by molar-refractivity contribution is 9.10. The predicted molar refractivity (Wildman–Crippen MR) is 77.8 cm³/mol. The van der Waals surface area contributed by atoms with Gasteiger partial charge in [-0.2, -0.15) is 0 Å². The van der Waals surface area contributed by atoms with Gasteiger partial charge in [0.05, 0.1) is 5.52 Å². The predicted octanol–water partition coefficient (Wildman–Crippen LogP) is 2.72. The largest absolute Gasteiger partial charge is 0.306 e. The van der Waals surface area contributed by atoms with Crippen molar-refractivity contribution < 1.29 is 4.79 Å². The summed E-state index contributed by atoms with van der Waals surface area (Å²) in [5.41, 5.74) is 1.44. The summed E-state index contributed by atoms with van der Waals surface area (Å²) < 4.78 is 3.06. The Kier molecular flexibility index (Phi) is 3.41. The van der Waals surface area contributed by atoms with E-state index in [-0.39, 0.29) is 0 Å². The average molecular weight is 322 g/mol. The van der Waals surface area contributed by atoms with Crippen LogP contribution in [0.1, 0.15) is 35.1 Å². The van der Waals surface area contributed by atoms with Gasteiger partial charge in [0, 0.05) is 16.6 Å². The standard InChI is InChI=1S/C14H16BrN3O/c1-17-6-4-10(5-7-17)14-16-12(9-19)13-3-2-11(15)8-18(13)14/h2-3,8-10H,4-7H2,1H3. The Morgan fingerprint density at radius 1 is 1.37 bits per heavy atom. The second-order valence-corrected chi connectivity index (χ2v) is 6.07. The molecule has 0 atom stereocenters. The highest BCUT2D eigenvalue weighted by atomic mass is 79.9. The number of aldehydes is 1. The number of carbonyl (C=O) groups is 1. The maximum absolute atomic E-state index is 11.2. The Hall–Kier alpha value is -1.20. The summed E-state index contributed by atoms with van der Waals surface area (Å²) in [6, 6.07) is 3.89. The van der Waals surface area contributed by atoms with E-state index in [4.69, 9.17) is 0 Å². The van der Waals surface area contributed by atoms with E-state index in [0.29, 0.717) is 11.6 Å². The summed E-state index contributed by atoms with van der Waals surface area (Å²) in [6.45, 7) is 2.17. The number of likely N-dealkylation sites (tertiary alicyclic amines) is 1. The number of piperidine rings is 1. The van der Waals surface area contributed by atoms with Crippen molar-refractivity contribution in [3.05, 3.63) is 34.3 Å². The zero-order valence-electron chi connectivity index (χ0n) is 10.8. The van der Waals surface area contributed by atoms with Crippen molar-refractivity contribution >= 4 is 27.7 Å². The maximum Gasteiger partial charge on any atom is 0.170 e. The summed E-state index contributed by atoms with van der Waals surface area (Å²) in [7, 11) is 2.15. The SMILES string of the molecule is CN1CCC(c2nc(C=O)c3ccc(Br)cn23)CC1. The maximum atomic E-state index is 11.2. The number of nitrogens with zero attached hydrogens (tertiary/aromatic N) is 3. The Balaban J connectivity index is 2.07. The summed E-state index contributed by atoms with van der Waals surface area (Å²) in [4.78, 5) is 18.0. The first-order valence-corrected chi connectivity index (χ1v) is 7.29. The molecule has 4 nitrogen and oxygen atoms in total. The molecule has 19 heavy (non-hydrogen) atoms. The highest BCUT2D eigenvalue weighted by Gasteiger charge is 2.23. The van der Waals surface area contributed by atoms with E-state index in [2.05, 4.69) is 37.3 Å². The van der Waals surface area contributed by atoms with Gasteiger partial charge in [-0.05, 0) is 61.0 Å². The van der Waals surface area contributed by atoms with E-state index in [9.17, 15) is 4.79 Å². The van der Waals surface area contributed by atoms with Crippen LogP contribution in [-0.4, -0.2) is 40.7 Å². The topological polar surface area (TPSA) is 37.6 Å².